The van der Waals surface area contributed by atoms with Gasteiger partial charge < -0.3 is 0 Å². The fourth-order valence-electron chi connectivity index (χ4n) is 3.53. The molecule has 0 heterocycles. The topological polar surface area (TPSA) is 17.1 Å². The molecule has 144 valence electrons. The monoisotopic (exact) mass is 338 g/mol. The van der Waals surface area contributed by atoms with Crippen LogP contribution < -0.4 is 0 Å². The van der Waals surface area contributed by atoms with Crippen molar-refractivity contribution in [3.63, 3.8) is 0 Å². The van der Waals surface area contributed by atoms with Crippen LogP contribution in [0.25, 0.3) is 0 Å². The summed E-state index contributed by atoms with van der Waals surface area (Å²) in [7, 11) is 0. The third-order valence-electron chi connectivity index (χ3n) is 5.37. The normalized spacial score (nSPS) is 12.5. The van der Waals surface area contributed by atoms with Crippen LogP contribution in [0.2, 0.25) is 0 Å². The number of hydrogen-bond acceptors (Lipinski definition) is 1. The summed E-state index contributed by atoms with van der Waals surface area (Å²) in [5.41, 5.74) is 0. The molecule has 0 aromatic heterocycles. The van der Waals surface area contributed by atoms with E-state index in [2.05, 4.69) is 20.8 Å². The Kier molecular flexibility index (Phi) is 18.7. The Balaban J connectivity index is 3.32. The van der Waals surface area contributed by atoms with Crippen molar-refractivity contribution >= 4 is 5.78 Å². The quantitative estimate of drug-likeness (QED) is 0.217. The Morgan fingerprint density at radius 1 is 0.625 bits per heavy atom. The molecule has 0 aliphatic carbocycles. The van der Waals surface area contributed by atoms with Crippen LogP contribution in [0, 0.1) is 5.92 Å². The minimum atomic E-state index is 0.519. The number of carbonyl (C=O) groups excluding carboxylic acids is 1. The second kappa shape index (κ2) is 19.0. The van der Waals surface area contributed by atoms with Crippen LogP contribution >= 0.6 is 0 Å². The van der Waals surface area contributed by atoms with E-state index in [9.17, 15) is 4.79 Å². The van der Waals surface area contributed by atoms with Gasteiger partial charge in [0.1, 0.15) is 5.78 Å². The highest BCUT2D eigenvalue weighted by Crippen LogP contribution is 2.19. The van der Waals surface area contributed by atoms with Crippen molar-refractivity contribution in [3.05, 3.63) is 0 Å². The van der Waals surface area contributed by atoms with Crippen molar-refractivity contribution in [3.8, 4) is 0 Å². The van der Waals surface area contributed by atoms with E-state index in [1.165, 1.54) is 96.3 Å². The lowest BCUT2D eigenvalue weighted by Crippen LogP contribution is -2.07. The van der Waals surface area contributed by atoms with Crippen LogP contribution in [0.3, 0.4) is 0 Å². The molecule has 1 atom stereocenters. The highest BCUT2D eigenvalue weighted by atomic mass is 16.1. The molecule has 0 N–H and O–H groups in total. The largest absolute Gasteiger partial charge is 0.300 e. The first-order valence-electron chi connectivity index (χ1n) is 11.3. The van der Waals surface area contributed by atoms with Crippen LogP contribution in [0.4, 0.5) is 0 Å². The molecular weight excluding hydrogens is 292 g/mol. The van der Waals surface area contributed by atoms with Crippen LogP contribution in [0.15, 0.2) is 0 Å². The number of rotatable bonds is 19. The second-order valence-electron chi connectivity index (χ2n) is 7.80. The maximum atomic E-state index is 12.1. The summed E-state index contributed by atoms with van der Waals surface area (Å²) in [5, 5.41) is 0. The van der Waals surface area contributed by atoms with Crippen molar-refractivity contribution in [2.24, 2.45) is 5.92 Å². The van der Waals surface area contributed by atoms with E-state index in [4.69, 9.17) is 0 Å². The van der Waals surface area contributed by atoms with Gasteiger partial charge in [-0.05, 0) is 12.3 Å². The molecule has 0 bridgehead atoms. The molecule has 0 saturated heterocycles. The third-order valence-corrected chi connectivity index (χ3v) is 5.37. The molecule has 0 aromatic carbocycles. The summed E-state index contributed by atoms with van der Waals surface area (Å²) in [5.74, 6) is 1.17. The van der Waals surface area contributed by atoms with Gasteiger partial charge in [-0.3, -0.25) is 4.79 Å². The van der Waals surface area contributed by atoms with Gasteiger partial charge in [0.25, 0.3) is 0 Å². The van der Waals surface area contributed by atoms with E-state index in [1.807, 2.05) is 0 Å². The number of unbranched alkanes of at least 4 members (excludes halogenated alkanes) is 12. The summed E-state index contributed by atoms with van der Waals surface area (Å²) in [6.45, 7) is 6.75. The van der Waals surface area contributed by atoms with Gasteiger partial charge in [0.15, 0.2) is 0 Å². The molecule has 0 fully saturated rings. The van der Waals surface area contributed by atoms with Crippen LogP contribution in [0.1, 0.15) is 136 Å². The summed E-state index contributed by atoms with van der Waals surface area (Å²) in [6, 6.07) is 0. The SMILES string of the molecule is CCCCCCCCCCCCCCC(=O)CC(CC)CCCC. The summed E-state index contributed by atoms with van der Waals surface area (Å²) in [4.78, 5) is 12.1. The van der Waals surface area contributed by atoms with Gasteiger partial charge in [-0.2, -0.15) is 0 Å². The number of Topliss-reactive ketones (excluding diaryl/α,β-unsaturated/α-hetero) is 1. The Morgan fingerprint density at radius 3 is 1.54 bits per heavy atom. The van der Waals surface area contributed by atoms with Crippen molar-refractivity contribution in [1.82, 2.24) is 0 Å². The fourth-order valence-corrected chi connectivity index (χ4v) is 3.53. The lowest BCUT2D eigenvalue weighted by Gasteiger charge is -2.13. The van der Waals surface area contributed by atoms with E-state index < -0.39 is 0 Å². The van der Waals surface area contributed by atoms with Crippen molar-refractivity contribution in [1.29, 1.82) is 0 Å². The zero-order valence-corrected chi connectivity index (χ0v) is 17.2. The van der Waals surface area contributed by atoms with E-state index in [1.54, 1.807) is 0 Å². The highest BCUT2D eigenvalue weighted by molar-refractivity contribution is 5.78. The van der Waals surface area contributed by atoms with E-state index in [-0.39, 0.29) is 0 Å². The van der Waals surface area contributed by atoms with Crippen molar-refractivity contribution in [2.75, 3.05) is 0 Å². The minimum absolute atomic E-state index is 0.519. The van der Waals surface area contributed by atoms with Gasteiger partial charge in [-0.25, -0.2) is 0 Å². The molecule has 0 spiro atoms. The Bertz CT molecular complexity index is 259. The van der Waals surface area contributed by atoms with E-state index in [0.717, 1.165) is 19.3 Å². The summed E-state index contributed by atoms with van der Waals surface area (Å²) in [6.07, 6.45) is 23.0. The average molecular weight is 339 g/mol. The highest BCUT2D eigenvalue weighted by Gasteiger charge is 2.11. The van der Waals surface area contributed by atoms with Crippen LogP contribution in [-0.4, -0.2) is 5.78 Å². The maximum Gasteiger partial charge on any atom is 0.133 e. The molecular formula is C23H46O. The zero-order valence-electron chi connectivity index (χ0n) is 17.2. The lowest BCUT2D eigenvalue weighted by molar-refractivity contribution is -0.120. The van der Waals surface area contributed by atoms with Crippen molar-refractivity contribution < 1.29 is 4.79 Å². The smallest absolute Gasteiger partial charge is 0.133 e. The standard InChI is InChI=1S/C23H46O/c1-4-7-9-10-11-12-13-14-15-16-17-18-20-23(24)21-22(6-3)19-8-5-2/h22H,4-21H2,1-3H3. The van der Waals surface area contributed by atoms with Gasteiger partial charge in [-0.1, -0.05) is 117 Å². The lowest BCUT2D eigenvalue weighted by atomic mass is 9.92. The minimum Gasteiger partial charge on any atom is -0.300 e. The fraction of sp³-hybridized carbons (Fsp3) is 0.957. The Hall–Kier alpha value is -0.330. The second-order valence-corrected chi connectivity index (χ2v) is 7.80. The van der Waals surface area contributed by atoms with Gasteiger partial charge >= 0.3 is 0 Å². The van der Waals surface area contributed by atoms with Crippen LogP contribution in [0.5, 0.6) is 0 Å². The molecule has 1 nitrogen and oxygen atoms in total. The molecule has 0 aromatic rings. The van der Waals surface area contributed by atoms with Gasteiger partial charge in [0.2, 0.25) is 0 Å². The molecule has 0 radical (unpaired) electrons. The number of hydrogen-bond donors (Lipinski definition) is 0. The molecule has 0 aliphatic heterocycles. The summed E-state index contributed by atoms with van der Waals surface area (Å²) < 4.78 is 0. The first kappa shape index (κ1) is 23.7. The first-order valence-corrected chi connectivity index (χ1v) is 11.3. The molecule has 24 heavy (non-hydrogen) atoms. The number of ketones is 1. The molecule has 0 amide bonds. The molecule has 0 aliphatic rings. The molecule has 1 heteroatoms. The first-order chi connectivity index (χ1) is 11.7. The van der Waals surface area contributed by atoms with Gasteiger partial charge in [0, 0.05) is 12.8 Å². The third kappa shape index (κ3) is 16.5. The van der Waals surface area contributed by atoms with E-state index in [0.29, 0.717) is 11.7 Å². The van der Waals surface area contributed by atoms with Gasteiger partial charge in [0.05, 0.1) is 0 Å². The van der Waals surface area contributed by atoms with Crippen LogP contribution in [-0.2, 0) is 4.79 Å². The molecule has 0 saturated carbocycles. The summed E-state index contributed by atoms with van der Waals surface area (Å²) >= 11 is 0. The van der Waals surface area contributed by atoms with E-state index >= 15 is 0 Å². The van der Waals surface area contributed by atoms with Gasteiger partial charge in [-0.15, -0.1) is 0 Å². The molecule has 1 unspecified atom stereocenters. The maximum absolute atomic E-state index is 12.1. The Labute approximate surface area is 153 Å². The van der Waals surface area contributed by atoms with Crippen molar-refractivity contribution in [2.45, 2.75) is 136 Å². The predicted molar refractivity (Wildman–Crippen MR) is 109 cm³/mol. The Morgan fingerprint density at radius 2 is 1.08 bits per heavy atom. The number of carbonyl (C=O) groups is 1. The average Bonchev–Trinajstić information content (AvgIpc) is 2.59. The zero-order chi connectivity index (χ0) is 17.9. The predicted octanol–water partition coefficient (Wildman–Crippen LogP) is 8.25. The molecule has 0 rings (SSSR count).